The Morgan fingerprint density at radius 2 is 1.48 bits per heavy atom. The Hall–Kier alpha value is -3.52. The van der Waals surface area contributed by atoms with Crippen LogP contribution in [0.3, 0.4) is 0 Å². The van der Waals surface area contributed by atoms with Crippen molar-refractivity contribution in [1.82, 2.24) is 0 Å². The molecule has 0 saturated carbocycles. The SMILES string of the molecule is COc1ccc(NS(=O)(=O)c2cccc(C(=O)Nc3cccc(OC)c3)c2)cc1. The van der Waals surface area contributed by atoms with Crippen molar-refractivity contribution in [2.45, 2.75) is 4.90 Å². The molecular weight excluding hydrogens is 392 g/mol. The average Bonchev–Trinajstić information content (AvgIpc) is 2.74. The number of methoxy groups -OCH3 is 2. The Balaban J connectivity index is 1.78. The first-order valence-corrected chi connectivity index (χ1v) is 10.1. The molecule has 0 radical (unpaired) electrons. The van der Waals surface area contributed by atoms with E-state index >= 15 is 0 Å². The highest BCUT2D eigenvalue weighted by Gasteiger charge is 2.17. The van der Waals surface area contributed by atoms with Crippen molar-refractivity contribution >= 4 is 27.3 Å². The van der Waals surface area contributed by atoms with Gasteiger partial charge in [0.05, 0.1) is 19.1 Å². The molecule has 1 amide bonds. The highest BCUT2D eigenvalue weighted by atomic mass is 32.2. The van der Waals surface area contributed by atoms with Crippen molar-refractivity contribution in [2.75, 3.05) is 24.3 Å². The van der Waals surface area contributed by atoms with E-state index < -0.39 is 15.9 Å². The fourth-order valence-corrected chi connectivity index (χ4v) is 3.69. The number of rotatable bonds is 7. The van der Waals surface area contributed by atoms with E-state index in [2.05, 4.69) is 10.0 Å². The zero-order valence-electron chi connectivity index (χ0n) is 15.9. The Kier molecular flexibility index (Phi) is 6.04. The molecule has 8 heteroatoms. The van der Waals surface area contributed by atoms with Gasteiger partial charge >= 0.3 is 0 Å². The molecule has 0 atom stereocenters. The number of amides is 1. The minimum atomic E-state index is -3.86. The molecule has 0 aliphatic heterocycles. The zero-order valence-corrected chi connectivity index (χ0v) is 16.7. The summed E-state index contributed by atoms with van der Waals surface area (Å²) in [5.41, 5.74) is 1.14. The van der Waals surface area contributed by atoms with E-state index in [1.54, 1.807) is 54.6 Å². The molecule has 0 saturated heterocycles. The van der Waals surface area contributed by atoms with E-state index in [9.17, 15) is 13.2 Å². The van der Waals surface area contributed by atoms with Gasteiger partial charge in [-0.25, -0.2) is 8.42 Å². The van der Waals surface area contributed by atoms with Crippen LogP contribution in [0.15, 0.2) is 77.7 Å². The normalized spacial score (nSPS) is 10.8. The Morgan fingerprint density at radius 1 is 0.793 bits per heavy atom. The summed E-state index contributed by atoms with van der Waals surface area (Å²) < 4.78 is 38.0. The minimum absolute atomic E-state index is 0.0217. The Morgan fingerprint density at radius 3 is 2.17 bits per heavy atom. The maximum absolute atomic E-state index is 12.7. The van der Waals surface area contributed by atoms with Crippen LogP contribution in [0, 0.1) is 0 Å². The van der Waals surface area contributed by atoms with Crippen molar-refractivity contribution in [1.29, 1.82) is 0 Å². The molecular formula is C21H20N2O5S. The predicted molar refractivity (Wildman–Crippen MR) is 111 cm³/mol. The largest absolute Gasteiger partial charge is 0.497 e. The molecule has 0 aliphatic rings. The van der Waals surface area contributed by atoms with Gasteiger partial charge in [-0.1, -0.05) is 12.1 Å². The van der Waals surface area contributed by atoms with Crippen molar-refractivity contribution in [3.05, 3.63) is 78.4 Å². The number of benzene rings is 3. The standard InChI is InChI=1S/C21H20N2O5S/c1-27-18-11-9-16(10-12-18)23-29(25,26)20-8-3-5-15(13-20)21(24)22-17-6-4-7-19(14-17)28-2/h3-14,23H,1-2H3,(H,22,24). The number of sulfonamides is 1. The van der Waals surface area contributed by atoms with Crippen molar-refractivity contribution < 1.29 is 22.7 Å². The molecule has 0 unspecified atom stereocenters. The fourth-order valence-electron chi connectivity index (χ4n) is 2.58. The van der Waals surface area contributed by atoms with Crippen molar-refractivity contribution in [2.24, 2.45) is 0 Å². The number of hydrogen-bond donors (Lipinski definition) is 2. The van der Waals surface area contributed by atoms with Crippen LogP contribution in [-0.2, 0) is 10.0 Å². The maximum atomic E-state index is 12.7. The molecule has 0 aliphatic carbocycles. The zero-order chi connectivity index (χ0) is 20.9. The topological polar surface area (TPSA) is 93.7 Å². The van der Waals surface area contributed by atoms with Crippen LogP contribution in [0.1, 0.15) is 10.4 Å². The van der Waals surface area contributed by atoms with Gasteiger partial charge in [-0.2, -0.15) is 0 Å². The summed E-state index contributed by atoms with van der Waals surface area (Å²) in [6.07, 6.45) is 0. The third-order valence-corrected chi connectivity index (χ3v) is 5.46. The third kappa shape index (κ3) is 5.05. The van der Waals surface area contributed by atoms with Gasteiger partial charge in [0.2, 0.25) is 0 Å². The number of hydrogen-bond acceptors (Lipinski definition) is 5. The quantitative estimate of drug-likeness (QED) is 0.616. The van der Waals surface area contributed by atoms with Gasteiger partial charge in [-0.3, -0.25) is 9.52 Å². The van der Waals surface area contributed by atoms with Gasteiger partial charge in [0.1, 0.15) is 11.5 Å². The van der Waals surface area contributed by atoms with E-state index in [0.29, 0.717) is 22.9 Å². The summed E-state index contributed by atoms with van der Waals surface area (Å²) in [7, 11) is -0.801. The fraction of sp³-hybridized carbons (Fsp3) is 0.0952. The first kappa shape index (κ1) is 20.2. The second kappa shape index (κ2) is 8.66. The summed E-state index contributed by atoms with van der Waals surface area (Å²) >= 11 is 0. The summed E-state index contributed by atoms with van der Waals surface area (Å²) in [5.74, 6) is 0.784. The lowest BCUT2D eigenvalue weighted by atomic mass is 10.2. The van der Waals surface area contributed by atoms with Gasteiger partial charge in [-0.15, -0.1) is 0 Å². The molecule has 3 aromatic carbocycles. The van der Waals surface area contributed by atoms with Crippen LogP contribution >= 0.6 is 0 Å². The molecule has 150 valence electrons. The number of carbonyl (C=O) groups excluding carboxylic acids is 1. The third-order valence-electron chi connectivity index (χ3n) is 4.08. The second-order valence-electron chi connectivity index (χ2n) is 6.05. The molecule has 0 fully saturated rings. The van der Waals surface area contributed by atoms with Crippen LogP contribution in [-0.4, -0.2) is 28.5 Å². The maximum Gasteiger partial charge on any atom is 0.261 e. The van der Waals surface area contributed by atoms with E-state index in [4.69, 9.17) is 9.47 Å². The number of nitrogens with one attached hydrogen (secondary N) is 2. The molecule has 29 heavy (non-hydrogen) atoms. The molecule has 0 bridgehead atoms. The first-order valence-electron chi connectivity index (χ1n) is 8.63. The smallest absolute Gasteiger partial charge is 0.261 e. The van der Waals surface area contributed by atoms with Gasteiger partial charge < -0.3 is 14.8 Å². The van der Waals surface area contributed by atoms with E-state index in [0.717, 1.165) is 0 Å². The van der Waals surface area contributed by atoms with E-state index in [1.807, 2.05) is 0 Å². The predicted octanol–water partition coefficient (Wildman–Crippen LogP) is 3.76. The van der Waals surface area contributed by atoms with Crippen LogP contribution in [0.2, 0.25) is 0 Å². The molecule has 3 aromatic rings. The van der Waals surface area contributed by atoms with E-state index in [1.165, 1.54) is 32.4 Å². The highest BCUT2D eigenvalue weighted by Crippen LogP contribution is 2.21. The van der Waals surface area contributed by atoms with Crippen LogP contribution in [0.25, 0.3) is 0 Å². The monoisotopic (exact) mass is 412 g/mol. The van der Waals surface area contributed by atoms with Gasteiger partial charge in [0.15, 0.2) is 0 Å². The average molecular weight is 412 g/mol. The molecule has 2 N–H and O–H groups in total. The molecule has 0 spiro atoms. The number of anilines is 2. The summed E-state index contributed by atoms with van der Waals surface area (Å²) in [6.45, 7) is 0. The first-order chi connectivity index (χ1) is 13.9. The van der Waals surface area contributed by atoms with E-state index in [-0.39, 0.29) is 10.5 Å². The Bertz CT molecular complexity index is 1110. The molecule has 7 nitrogen and oxygen atoms in total. The van der Waals surface area contributed by atoms with Gasteiger partial charge in [-0.05, 0) is 54.6 Å². The summed E-state index contributed by atoms with van der Waals surface area (Å²) in [4.78, 5) is 12.5. The summed E-state index contributed by atoms with van der Waals surface area (Å²) in [6, 6.07) is 19.2. The molecule has 3 rings (SSSR count). The van der Waals surface area contributed by atoms with Crippen molar-refractivity contribution in [3.8, 4) is 11.5 Å². The lowest BCUT2D eigenvalue weighted by Crippen LogP contribution is -2.16. The second-order valence-corrected chi connectivity index (χ2v) is 7.73. The lowest BCUT2D eigenvalue weighted by Gasteiger charge is -2.11. The number of ether oxygens (including phenoxy) is 2. The number of carbonyl (C=O) groups is 1. The minimum Gasteiger partial charge on any atom is -0.497 e. The highest BCUT2D eigenvalue weighted by molar-refractivity contribution is 7.92. The lowest BCUT2D eigenvalue weighted by molar-refractivity contribution is 0.102. The van der Waals surface area contributed by atoms with Gasteiger partial charge in [0.25, 0.3) is 15.9 Å². The van der Waals surface area contributed by atoms with Crippen LogP contribution < -0.4 is 19.5 Å². The van der Waals surface area contributed by atoms with Gasteiger partial charge in [0, 0.05) is 23.0 Å². The molecule has 0 heterocycles. The van der Waals surface area contributed by atoms with Crippen molar-refractivity contribution in [3.63, 3.8) is 0 Å². The summed E-state index contributed by atoms with van der Waals surface area (Å²) in [5, 5.41) is 2.73. The Labute approximate surface area is 169 Å². The van der Waals surface area contributed by atoms with Crippen LogP contribution in [0.4, 0.5) is 11.4 Å². The molecule has 0 aromatic heterocycles. The van der Waals surface area contributed by atoms with Crippen LogP contribution in [0.5, 0.6) is 11.5 Å².